The van der Waals surface area contributed by atoms with E-state index in [9.17, 15) is 4.79 Å². The highest BCUT2D eigenvalue weighted by Crippen LogP contribution is 2.21. The van der Waals surface area contributed by atoms with Gasteiger partial charge in [0.2, 0.25) is 5.91 Å². The average molecular weight is 201 g/mol. The van der Waals surface area contributed by atoms with Crippen LogP contribution in [0.1, 0.15) is 34.1 Å². The molecule has 1 N–H and O–H groups in total. The number of hydrogen-bond donors (Lipinski definition) is 1. The largest absolute Gasteiger partial charge is 0.354 e. The number of nitrogens with one attached hydrogen (secondary N) is 1. The predicted molar refractivity (Wildman–Crippen MR) is 59.8 cm³/mol. The Balaban J connectivity index is 3.72. The number of carbonyl (C=O) groups excluding carboxylic acids is 1. The number of thioether (sulfide) groups is 1. The minimum atomic E-state index is 0.0631. The van der Waals surface area contributed by atoms with Gasteiger partial charge in [-0.15, -0.1) is 11.8 Å². The Hall–Kier alpha value is -0.440. The smallest absolute Gasteiger partial charge is 0.225 e. The van der Waals surface area contributed by atoms with Crippen LogP contribution in [-0.4, -0.2) is 17.2 Å². The van der Waals surface area contributed by atoms with Gasteiger partial charge in [0.1, 0.15) is 0 Å². The predicted octanol–water partition coefficient (Wildman–Crippen LogP) is 2.56. The Labute approximate surface area is 85.2 Å². The maximum absolute atomic E-state index is 11.3. The SMILES string of the molecule is C=C(CC(=O)NC(C)C)SC(C)C. The van der Waals surface area contributed by atoms with Crippen LogP contribution in [0.4, 0.5) is 0 Å². The molecule has 0 unspecified atom stereocenters. The summed E-state index contributed by atoms with van der Waals surface area (Å²) in [6.45, 7) is 11.9. The fourth-order valence-corrected chi connectivity index (χ4v) is 1.81. The molecular formula is C10H19NOS. The molecule has 2 nitrogen and oxygen atoms in total. The lowest BCUT2D eigenvalue weighted by atomic mass is 10.3. The van der Waals surface area contributed by atoms with Gasteiger partial charge in [-0.3, -0.25) is 4.79 Å². The second-order valence-electron chi connectivity index (χ2n) is 3.60. The quantitative estimate of drug-likeness (QED) is 0.740. The molecule has 3 heteroatoms. The molecule has 0 aliphatic heterocycles. The van der Waals surface area contributed by atoms with Crippen LogP contribution >= 0.6 is 11.8 Å². The van der Waals surface area contributed by atoms with Crippen molar-refractivity contribution in [1.82, 2.24) is 5.32 Å². The highest BCUT2D eigenvalue weighted by atomic mass is 32.2. The first-order valence-corrected chi connectivity index (χ1v) is 5.43. The van der Waals surface area contributed by atoms with Crippen LogP contribution in [0.15, 0.2) is 11.5 Å². The summed E-state index contributed by atoms with van der Waals surface area (Å²) in [4.78, 5) is 12.2. The third kappa shape index (κ3) is 7.91. The Bertz CT molecular complexity index is 167. The van der Waals surface area contributed by atoms with Gasteiger partial charge in [-0.2, -0.15) is 0 Å². The lowest BCUT2D eigenvalue weighted by Crippen LogP contribution is -2.29. The second-order valence-corrected chi connectivity index (χ2v) is 5.36. The van der Waals surface area contributed by atoms with Gasteiger partial charge in [0.15, 0.2) is 0 Å². The lowest BCUT2D eigenvalue weighted by Gasteiger charge is -2.10. The molecule has 0 aliphatic rings. The summed E-state index contributed by atoms with van der Waals surface area (Å²) in [6, 6.07) is 0.212. The first-order chi connectivity index (χ1) is 5.91. The van der Waals surface area contributed by atoms with E-state index in [4.69, 9.17) is 0 Å². The molecule has 0 aromatic heterocycles. The fraction of sp³-hybridized carbons (Fsp3) is 0.700. The molecule has 0 aromatic carbocycles. The third-order valence-electron chi connectivity index (χ3n) is 1.21. The van der Waals surface area contributed by atoms with Crippen LogP contribution in [0.3, 0.4) is 0 Å². The normalized spacial score (nSPS) is 10.6. The molecule has 0 aliphatic carbocycles. The van der Waals surface area contributed by atoms with Gasteiger partial charge in [0.25, 0.3) is 0 Å². The molecule has 0 saturated heterocycles. The summed E-state index contributed by atoms with van der Waals surface area (Å²) in [6.07, 6.45) is 0.432. The van der Waals surface area contributed by atoms with Gasteiger partial charge < -0.3 is 5.32 Å². The van der Waals surface area contributed by atoms with Crippen LogP contribution in [0.25, 0.3) is 0 Å². The topological polar surface area (TPSA) is 29.1 Å². The molecule has 0 spiro atoms. The monoisotopic (exact) mass is 201 g/mol. The molecule has 0 bridgehead atoms. The standard InChI is InChI=1S/C10H19NOS/c1-7(2)11-10(12)6-9(5)13-8(3)4/h7-8H,5-6H2,1-4H3,(H,11,12). The molecule has 1 amide bonds. The van der Waals surface area contributed by atoms with E-state index in [2.05, 4.69) is 25.7 Å². The zero-order valence-electron chi connectivity index (χ0n) is 8.89. The summed E-state index contributed by atoms with van der Waals surface area (Å²) in [5.41, 5.74) is 0. The zero-order valence-corrected chi connectivity index (χ0v) is 9.70. The summed E-state index contributed by atoms with van der Waals surface area (Å²) in [5.74, 6) is 0.0631. The second kappa shape index (κ2) is 6.08. The number of hydrogen-bond acceptors (Lipinski definition) is 2. The molecule has 0 fully saturated rings. The van der Waals surface area contributed by atoms with Crippen molar-refractivity contribution in [3.05, 3.63) is 11.5 Å². The van der Waals surface area contributed by atoms with Crippen LogP contribution in [-0.2, 0) is 4.79 Å². The van der Waals surface area contributed by atoms with Crippen LogP contribution in [0, 0.1) is 0 Å². The van der Waals surface area contributed by atoms with Crippen molar-refractivity contribution in [3.8, 4) is 0 Å². The first-order valence-electron chi connectivity index (χ1n) is 4.55. The van der Waals surface area contributed by atoms with Crippen molar-refractivity contribution in [1.29, 1.82) is 0 Å². The van der Waals surface area contributed by atoms with Gasteiger partial charge in [0, 0.05) is 11.3 Å². The molecule has 76 valence electrons. The van der Waals surface area contributed by atoms with Crippen molar-refractivity contribution < 1.29 is 4.79 Å². The molecule has 0 aromatic rings. The highest BCUT2D eigenvalue weighted by molar-refractivity contribution is 8.03. The third-order valence-corrected chi connectivity index (χ3v) is 2.16. The maximum atomic E-state index is 11.3. The van der Waals surface area contributed by atoms with Gasteiger partial charge in [-0.05, 0) is 18.8 Å². The summed E-state index contributed by atoms with van der Waals surface area (Å²) >= 11 is 1.65. The summed E-state index contributed by atoms with van der Waals surface area (Å²) in [7, 11) is 0. The Kier molecular flexibility index (Phi) is 5.88. The molecular weight excluding hydrogens is 182 g/mol. The van der Waals surface area contributed by atoms with E-state index in [0.29, 0.717) is 11.7 Å². The van der Waals surface area contributed by atoms with E-state index in [0.717, 1.165) is 4.91 Å². The maximum Gasteiger partial charge on any atom is 0.225 e. The molecule has 0 heterocycles. The molecule has 0 saturated carbocycles. The van der Waals surface area contributed by atoms with Crippen molar-refractivity contribution in [2.24, 2.45) is 0 Å². The number of rotatable bonds is 5. The summed E-state index contributed by atoms with van der Waals surface area (Å²) < 4.78 is 0. The average Bonchev–Trinajstić information content (AvgIpc) is 1.80. The zero-order chi connectivity index (χ0) is 10.4. The summed E-state index contributed by atoms with van der Waals surface area (Å²) in [5, 5.41) is 3.33. The van der Waals surface area contributed by atoms with Gasteiger partial charge in [-0.1, -0.05) is 20.4 Å². The Morgan fingerprint density at radius 3 is 2.31 bits per heavy atom. The van der Waals surface area contributed by atoms with Gasteiger partial charge >= 0.3 is 0 Å². The van der Waals surface area contributed by atoms with Crippen LogP contribution < -0.4 is 5.32 Å². The van der Waals surface area contributed by atoms with Crippen molar-refractivity contribution >= 4 is 17.7 Å². The van der Waals surface area contributed by atoms with Crippen molar-refractivity contribution in [2.75, 3.05) is 0 Å². The fourth-order valence-electron chi connectivity index (χ4n) is 0.927. The lowest BCUT2D eigenvalue weighted by molar-refractivity contribution is -0.120. The molecule has 13 heavy (non-hydrogen) atoms. The Morgan fingerprint density at radius 2 is 1.92 bits per heavy atom. The number of amides is 1. The van der Waals surface area contributed by atoms with E-state index in [1.165, 1.54) is 0 Å². The van der Waals surface area contributed by atoms with E-state index in [-0.39, 0.29) is 11.9 Å². The minimum Gasteiger partial charge on any atom is -0.354 e. The van der Waals surface area contributed by atoms with E-state index in [1.54, 1.807) is 11.8 Å². The van der Waals surface area contributed by atoms with Crippen molar-refractivity contribution in [2.45, 2.75) is 45.4 Å². The van der Waals surface area contributed by atoms with Gasteiger partial charge in [0.05, 0.1) is 6.42 Å². The minimum absolute atomic E-state index is 0.0631. The molecule has 0 radical (unpaired) electrons. The number of carbonyl (C=O) groups is 1. The van der Waals surface area contributed by atoms with E-state index >= 15 is 0 Å². The Morgan fingerprint density at radius 1 is 1.38 bits per heavy atom. The van der Waals surface area contributed by atoms with Crippen molar-refractivity contribution in [3.63, 3.8) is 0 Å². The molecule has 0 rings (SSSR count). The van der Waals surface area contributed by atoms with Crippen LogP contribution in [0.5, 0.6) is 0 Å². The van der Waals surface area contributed by atoms with Crippen LogP contribution in [0.2, 0.25) is 0 Å². The molecule has 0 atom stereocenters. The van der Waals surface area contributed by atoms with Gasteiger partial charge in [-0.25, -0.2) is 0 Å². The highest BCUT2D eigenvalue weighted by Gasteiger charge is 2.07. The first kappa shape index (κ1) is 12.6. The van der Waals surface area contributed by atoms with E-state index < -0.39 is 0 Å². The van der Waals surface area contributed by atoms with E-state index in [1.807, 2.05) is 13.8 Å².